The van der Waals surface area contributed by atoms with E-state index in [2.05, 4.69) is 10.5 Å². The molecule has 1 atom stereocenters. The molecule has 1 unspecified atom stereocenters. The lowest BCUT2D eigenvalue weighted by molar-refractivity contribution is -0.275. The molecule has 4 rings (SSSR count). The zero-order valence-corrected chi connectivity index (χ0v) is 21.7. The Kier molecular flexibility index (Phi) is 8.78. The molecule has 0 saturated carbocycles. The largest absolute Gasteiger partial charge is 0.435 e. The van der Waals surface area contributed by atoms with Gasteiger partial charge in [0.15, 0.2) is 0 Å². The van der Waals surface area contributed by atoms with Crippen molar-refractivity contribution in [3.8, 4) is 0 Å². The summed E-state index contributed by atoms with van der Waals surface area (Å²) in [7, 11) is 0. The number of carbonyl (C=O) groups excluding carboxylic acids is 1. The molecular formula is C25H19Cl2F3N2O4S. The van der Waals surface area contributed by atoms with Gasteiger partial charge in [0.05, 0.1) is 5.71 Å². The van der Waals surface area contributed by atoms with E-state index in [4.69, 9.17) is 36.5 Å². The zero-order valence-electron chi connectivity index (χ0n) is 19.4. The first-order valence-electron chi connectivity index (χ1n) is 10.6. The number of anilines is 1. The lowest BCUT2D eigenvalue weighted by Gasteiger charge is -2.29. The lowest BCUT2D eigenvalue weighted by atomic mass is 9.86. The fraction of sp³-hybridized carbons (Fsp3) is 0.200. The molecule has 0 aromatic heterocycles. The summed E-state index contributed by atoms with van der Waals surface area (Å²) in [5, 5.41) is 6.70. The van der Waals surface area contributed by atoms with Gasteiger partial charge in [-0.1, -0.05) is 58.2 Å². The maximum absolute atomic E-state index is 14.2. The number of hydrogen-bond acceptors (Lipinski definition) is 5. The highest BCUT2D eigenvalue weighted by molar-refractivity contribution is 7.51. The Morgan fingerprint density at radius 1 is 1.00 bits per heavy atom. The highest BCUT2D eigenvalue weighted by atomic mass is 35.5. The van der Waals surface area contributed by atoms with Crippen LogP contribution in [0.4, 0.5) is 18.9 Å². The predicted octanol–water partition coefficient (Wildman–Crippen LogP) is 6.77. The van der Waals surface area contributed by atoms with Crippen molar-refractivity contribution in [2.24, 2.45) is 5.16 Å². The van der Waals surface area contributed by atoms with Gasteiger partial charge in [-0.15, -0.1) is 0 Å². The minimum Gasteiger partial charge on any atom is -0.374 e. The van der Waals surface area contributed by atoms with Crippen molar-refractivity contribution >= 4 is 52.1 Å². The Balaban J connectivity index is 0.00000121. The average molecular weight is 571 g/mol. The highest BCUT2D eigenvalue weighted by Gasteiger charge is 2.62. The summed E-state index contributed by atoms with van der Waals surface area (Å²) in [5.41, 5.74) is 0.189. The first-order valence-corrected chi connectivity index (χ1v) is 12.0. The molecule has 194 valence electrons. The Morgan fingerprint density at radius 3 is 2.16 bits per heavy atom. The van der Waals surface area contributed by atoms with Gasteiger partial charge in [-0.2, -0.15) is 21.6 Å². The Labute approximate surface area is 224 Å². The van der Waals surface area contributed by atoms with Gasteiger partial charge in [0.25, 0.3) is 11.5 Å². The van der Waals surface area contributed by atoms with Gasteiger partial charge in [-0.05, 0) is 55.8 Å². The van der Waals surface area contributed by atoms with Crippen LogP contribution in [0.3, 0.4) is 0 Å². The van der Waals surface area contributed by atoms with E-state index < -0.39 is 29.8 Å². The molecule has 1 aliphatic rings. The molecule has 0 aliphatic carbocycles. The SMILES string of the molecule is Cc1ccc(C(=O)Nc2cc(C3=NOC(c4cc(Cl)cc(Cl)c4)(C(F)(F)F)C3)ccc2C)cc1.O=S=O. The lowest BCUT2D eigenvalue weighted by Crippen LogP contribution is -2.42. The fourth-order valence-electron chi connectivity index (χ4n) is 3.68. The second-order valence-corrected chi connectivity index (χ2v) is 9.22. The van der Waals surface area contributed by atoms with E-state index in [0.717, 1.165) is 11.1 Å². The minimum atomic E-state index is -4.79. The number of nitrogens with zero attached hydrogens (tertiary/aromatic N) is 1. The van der Waals surface area contributed by atoms with Gasteiger partial charge in [0.2, 0.25) is 0 Å². The van der Waals surface area contributed by atoms with Crippen LogP contribution in [0.2, 0.25) is 10.0 Å². The zero-order chi connectivity index (χ0) is 27.4. The standard InChI is InChI=1S/C25H19Cl2F3N2O2.O2S/c1-14-3-6-16(7-4-14)23(33)31-21-9-17(8-5-15(21)2)22-13-24(34-32-22,25(28,29)30)18-10-19(26)12-20(27)11-18;1-3-2/h3-12H,13H2,1-2H3,(H,31,33);. The third-order valence-electron chi connectivity index (χ3n) is 5.65. The van der Waals surface area contributed by atoms with E-state index in [0.29, 0.717) is 16.8 Å². The molecule has 0 bridgehead atoms. The Bertz CT molecular complexity index is 1370. The molecule has 0 saturated heterocycles. The van der Waals surface area contributed by atoms with E-state index >= 15 is 0 Å². The van der Waals surface area contributed by atoms with Crippen LogP contribution in [-0.4, -0.2) is 26.2 Å². The molecule has 37 heavy (non-hydrogen) atoms. The van der Waals surface area contributed by atoms with E-state index in [1.165, 1.54) is 18.2 Å². The number of hydrogen-bond donors (Lipinski definition) is 1. The van der Waals surface area contributed by atoms with Crippen LogP contribution in [0.5, 0.6) is 0 Å². The molecule has 0 spiro atoms. The number of aryl methyl sites for hydroxylation is 2. The van der Waals surface area contributed by atoms with Crippen molar-refractivity contribution in [3.63, 3.8) is 0 Å². The number of oxime groups is 1. The summed E-state index contributed by atoms with van der Waals surface area (Å²) in [5.74, 6) is -0.330. The van der Waals surface area contributed by atoms with Crippen LogP contribution in [0.25, 0.3) is 0 Å². The Hall–Kier alpha value is -3.21. The third-order valence-corrected chi connectivity index (χ3v) is 6.08. The number of amides is 1. The quantitative estimate of drug-likeness (QED) is 0.375. The molecule has 12 heteroatoms. The number of alkyl halides is 3. The van der Waals surface area contributed by atoms with E-state index in [-0.39, 0.29) is 27.2 Å². The van der Waals surface area contributed by atoms with Crippen LogP contribution in [0.15, 0.2) is 65.8 Å². The van der Waals surface area contributed by atoms with Crippen molar-refractivity contribution in [2.75, 3.05) is 5.32 Å². The number of benzene rings is 3. The first kappa shape index (κ1) is 28.4. The first-order chi connectivity index (χ1) is 17.4. The number of rotatable bonds is 4. The second kappa shape index (κ2) is 11.5. The van der Waals surface area contributed by atoms with Crippen LogP contribution in [0, 0.1) is 13.8 Å². The fourth-order valence-corrected chi connectivity index (χ4v) is 4.21. The topological polar surface area (TPSA) is 84.8 Å². The monoisotopic (exact) mass is 570 g/mol. The average Bonchev–Trinajstić information content (AvgIpc) is 3.28. The van der Waals surface area contributed by atoms with Gasteiger partial charge in [-0.25, -0.2) is 0 Å². The van der Waals surface area contributed by atoms with Crippen LogP contribution in [-0.2, 0) is 22.0 Å². The highest BCUT2D eigenvalue weighted by Crippen LogP contribution is 2.49. The minimum absolute atomic E-state index is 0.0552. The van der Waals surface area contributed by atoms with Crippen molar-refractivity contribution in [2.45, 2.75) is 32.0 Å². The van der Waals surface area contributed by atoms with Crippen LogP contribution < -0.4 is 5.32 Å². The molecule has 1 N–H and O–H groups in total. The second-order valence-electron chi connectivity index (χ2n) is 8.21. The van der Waals surface area contributed by atoms with Crippen LogP contribution >= 0.6 is 23.2 Å². The molecule has 0 fully saturated rings. The van der Waals surface area contributed by atoms with Gasteiger partial charge >= 0.3 is 17.7 Å². The van der Waals surface area contributed by atoms with Gasteiger partial charge in [0.1, 0.15) is 0 Å². The normalized spacial score (nSPS) is 16.7. The molecular weight excluding hydrogens is 552 g/mol. The molecule has 1 amide bonds. The van der Waals surface area contributed by atoms with E-state index in [9.17, 15) is 18.0 Å². The molecule has 1 heterocycles. The third kappa shape index (κ3) is 6.38. The van der Waals surface area contributed by atoms with Crippen molar-refractivity contribution in [1.82, 2.24) is 0 Å². The maximum atomic E-state index is 14.2. The number of carbonyl (C=O) groups is 1. The summed E-state index contributed by atoms with van der Waals surface area (Å²) in [4.78, 5) is 17.7. The summed E-state index contributed by atoms with van der Waals surface area (Å²) in [6.45, 7) is 3.70. The van der Waals surface area contributed by atoms with Crippen molar-refractivity contribution in [1.29, 1.82) is 0 Å². The van der Waals surface area contributed by atoms with Crippen molar-refractivity contribution < 1.29 is 31.2 Å². The summed E-state index contributed by atoms with van der Waals surface area (Å²) < 4.78 is 59.3. The summed E-state index contributed by atoms with van der Waals surface area (Å²) >= 11 is 11.2. The van der Waals surface area contributed by atoms with E-state index in [1.54, 1.807) is 37.3 Å². The van der Waals surface area contributed by atoms with Gasteiger partial charge in [0, 0.05) is 38.8 Å². The maximum Gasteiger partial charge on any atom is 0.435 e. The molecule has 1 aliphatic heterocycles. The molecule has 3 aromatic rings. The van der Waals surface area contributed by atoms with Gasteiger partial charge in [-0.3, -0.25) is 4.79 Å². The predicted molar refractivity (Wildman–Crippen MR) is 136 cm³/mol. The van der Waals surface area contributed by atoms with Crippen molar-refractivity contribution in [3.05, 3.63) is 98.5 Å². The molecule has 0 radical (unpaired) electrons. The summed E-state index contributed by atoms with van der Waals surface area (Å²) in [6, 6.07) is 15.6. The smallest absolute Gasteiger partial charge is 0.374 e. The molecule has 3 aromatic carbocycles. The van der Waals surface area contributed by atoms with Crippen LogP contribution in [0.1, 0.15) is 39.0 Å². The number of nitrogens with one attached hydrogen (secondary N) is 1. The Morgan fingerprint density at radius 2 is 1.59 bits per heavy atom. The summed E-state index contributed by atoms with van der Waals surface area (Å²) in [6.07, 6.45) is -5.37. The van der Waals surface area contributed by atoms with E-state index in [1.807, 2.05) is 19.1 Å². The molecule has 6 nitrogen and oxygen atoms in total. The van der Waals surface area contributed by atoms with Gasteiger partial charge < -0.3 is 10.2 Å². The number of halogens is 5.